The molecule has 0 aliphatic carbocycles. The number of carbonyl (C=O) groups excluding carboxylic acids is 2. The maximum atomic E-state index is 11.6. The van der Waals surface area contributed by atoms with Gasteiger partial charge in [0.1, 0.15) is 12.9 Å². The van der Waals surface area contributed by atoms with E-state index in [-0.39, 0.29) is 11.4 Å². The molecule has 1 rings (SSSR count). The van der Waals surface area contributed by atoms with Gasteiger partial charge in [-0.05, 0) is 17.4 Å². The normalized spacial score (nSPS) is 11.0. The summed E-state index contributed by atoms with van der Waals surface area (Å²) in [5.74, 6) is -0.210. The first-order valence-corrected chi connectivity index (χ1v) is 6.17. The molecule has 0 bridgehead atoms. The maximum absolute atomic E-state index is 11.6. The SMILES string of the molecule is CC(C)(CC=O)CCC(=O)OCc1ccccc1. The van der Waals surface area contributed by atoms with Crippen LogP contribution in [-0.2, 0) is 20.9 Å². The Labute approximate surface area is 108 Å². The average molecular weight is 248 g/mol. The summed E-state index contributed by atoms with van der Waals surface area (Å²) in [5.41, 5.74) is 0.853. The molecule has 0 spiro atoms. The second-order valence-corrected chi connectivity index (χ2v) is 5.18. The molecule has 0 heterocycles. The summed E-state index contributed by atoms with van der Waals surface area (Å²) in [6.45, 7) is 4.27. The first-order valence-electron chi connectivity index (χ1n) is 6.17. The van der Waals surface area contributed by atoms with Crippen LogP contribution in [0.25, 0.3) is 0 Å². The van der Waals surface area contributed by atoms with Gasteiger partial charge in [0.05, 0.1) is 0 Å². The Morgan fingerprint density at radius 1 is 1.28 bits per heavy atom. The lowest BCUT2D eigenvalue weighted by atomic mass is 9.85. The fourth-order valence-electron chi connectivity index (χ4n) is 1.58. The number of aldehydes is 1. The van der Waals surface area contributed by atoms with E-state index in [0.29, 0.717) is 25.9 Å². The third-order valence-electron chi connectivity index (χ3n) is 2.88. The van der Waals surface area contributed by atoms with Crippen LogP contribution < -0.4 is 0 Å². The molecule has 0 N–H and O–H groups in total. The van der Waals surface area contributed by atoms with Gasteiger partial charge in [0.15, 0.2) is 0 Å². The third kappa shape index (κ3) is 5.62. The monoisotopic (exact) mass is 248 g/mol. The zero-order chi connectivity index (χ0) is 13.4. The molecule has 0 atom stereocenters. The largest absolute Gasteiger partial charge is 0.461 e. The van der Waals surface area contributed by atoms with Crippen LogP contribution in [-0.4, -0.2) is 12.3 Å². The average Bonchev–Trinajstić information content (AvgIpc) is 2.35. The summed E-state index contributed by atoms with van der Waals surface area (Å²) in [6.07, 6.45) is 2.39. The highest BCUT2D eigenvalue weighted by atomic mass is 16.5. The molecule has 0 aliphatic heterocycles. The third-order valence-corrected chi connectivity index (χ3v) is 2.88. The second kappa shape index (κ2) is 6.94. The highest BCUT2D eigenvalue weighted by Gasteiger charge is 2.19. The van der Waals surface area contributed by atoms with Gasteiger partial charge in [-0.2, -0.15) is 0 Å². The van der Waals surface area contributed by atoms with Crippen molar-refractivity contribution in [2.45, 2.75) is 39.7 Å². The lowest BCUT2D eigenvalue weighted by molar-refractivity contribution is -0.145. The molecule has 1 aromatic carbocycles. The topological polar surface area (TPSA) is 43.4 Å². The van der Waals surface area contributed by atoms with E-state index in [2.05, 4.69) is 0 Å². The molecule has 0 unspecified atom stereocenters. The van der Waals surface area contributed by atoms with Crippen molar-refractivity contribution in [3.05, 3.63) is 35.9 Å². The standard InChI is InChI=1S/C15H20O3/c1-15(2,10-11-16)9-8-14(17)18-12-13-6-4-3-5-7-13/h3-7,11H,8-10,12H2,1-2H3. The lowest BCUT2D eigenvalue weighted by Gasteiger charge is -2.20. The number of hydrogen-bond donors (Lipinski definition) is 0. The van der Waals surface area contributed by atoms with Crippen LogP contribution >= 0.6 is 0 Å². The van der Waals surface area contributed by atoms with Crippen molar-refractivity contribution in [2.75, 3.05) is 0 Å². The van der Waals surface area contributed by atoms with E-state index in [1.807, 2.05) is 44.2 Å². The first-order chi connectivity index (χ1) is 8.53. The Morgan fingerprint density at radius 2 is 1.94 bits per heavy atom. The molecular formula is C15H20O3. The minimum Gasteiger partial charge on any atom is -0.461 e. The van der Waals surface area contributed by atoms with E-state index >= 15 is 0 Å². The summed E-state index contributed by atoms with van der Waals surface area (Å²) in [6, 6.07) is 9.59. The molecule has 18 heavy (non-hydrogen) atoms. The summed E-state index contributed by atoms with van der Waals surface area (Å²) in [5, 5.41) is 0. The van der Waals surface area contributed by atoms with Crippen LogP contribution in [0.1, 0.15) is 38.7 Å². The molecule has 0 radical (unpaired) electrons. The smallest absolute Gasteiger partial charge is 0.306 e. The molecule has 3 heteroatoms. The molecule has 0 aliphatic rings. The number of carbonyl (C=O) groups is 2. The number of esters is 1. The van der Waals surface area contributed by atoms with Crippen molar-refractivity contribution in [1.29, 1.82) is 0 Å². The predicted octanol–water partition coefficient (Wildman–Crippen LogP) is 3.13. The van der Waals surface area contributed by atoms with Crippen molar-refractivity contribution in [3.63, 3.8) is 0 Å². The molecule has 0 saturated heterocycles. The Kier molecular flexibility index (Phi) is 5.56. The van der Waals surface area contributed by atoms with Crippen molar-refractivity contribution >= 4 is 12.3 Å². The van der Waals surface area contributed by atoms with Crippen molar-refractivity contribution in [3.8, 4) is 0 Å². The van der Waals surface area contributed by atoms with E-state index in [4.69, 9.17) is 4.74 Å². The van der Waals surface area contributed by atoms with Crippen LogP contribution in [0.15, 0.2) is 30.3 Å². The Morgan fingerprint density at radius 3 is 2.56 bits per heavy atom. The molecule has 1 aromatic rings. The zero-order valence-corrected chi connectivity index (χ0v) is 11.0. The van der Waals surface area contributed by atoms with Crippen LogP contribution in [0.4, 0.5) is 0 Å². The van der Waals surface area contributed by atoms with Gasteiger partial charge in [0, 0.05) is 12.8 Å². The minimum atomic E-state index is -0.210. The number of rotatable bonds is 7. The fraction of sp³-hybridized carbons (Fsp3) is 0.467. The van der Waals surface area contributed by atoms with E-state index in [0.717, 1.165) is 11.8 Å². The molecule has 0 aromatic heterocycles. The lowest BCUT2D eigenvalue weighted by Crippen LogP contribution is -2.15. The van der Waals surface area contributed by atoms with Crippen molar-refractivity contribution in [2.24, 2.45) is 5.41 Å². The molecule has 98 valence electrons. The molecular weight excluding hydrogens is 228 g/mol. The van der Waals surface area contributed by atoms with Gasteiger partial charge in [0.2, 0.25) is 0 Å². The maximum Gasteiger partial charge on any atom is 0.306 e. The van der Waals surface area contributed by atoms with Crippen LogP contribution in [0, 0.1) is 5.41 Å². The van der Waals surface area contributed by atoms with E-state index < -0.39 is 0 Å². The quantitative estimate of drug-likeness (QED) is 0.550. The van der Waals surface area contributed by atoms with Gasteiger partial charge in [0.25, 0.3) is 0 Å². The summed E-state index contributed by atoms with van der Waals surface area (Å²) in [4.78, 5) is 22.0. The molecule has 0 amide bonds. The van der Waals surface area contributed by atoms with Gasteiger partial charge in [-0.1, -0.05) is 44.2 Å². The highest BCUT2D eigenvalue weighted by Crippen LogP contribution is 2.25. The van der Waals surface area contributed by atoms with Crippen LogP contribution in [0.5, 0.6) is 0 Å². The number of hydrogen-bond acceptors (Lipinski definition) is 3. The van der Waals surface area contributed by atoms with Gasteiger partial charge in [-0.25, -0.2) is 0 Å². The number of benzene rings is 1. The van der Waals surface area contributed by atoms with Crippen molar-refractivity contribution < 1.29 is 14.3 Å². The van der Waals surface area contributed by atoms with Gasteiger partial charge in [-0.15, -0.1) is 0 Å². The predicted molar refractivity (Wildman–Crippen MR) is 69.9 cm³/mol. The van der Waals surface area contributed by atoms with E-state index in [1.54, 1.807) is 0 Å². The first kappa shape index (κ1) is 14.4. The minimum absolute atomic E-state index is 0.131. The molecule has 0 saturated carbocycles. The summed E-state index contributed by atoms with van der Waals surface area (Å²) >= 11 is 0. The Hall–Kier alpha value is -1.64. The zero-order valence-electron chi connectivity index (χ0n) is 11.0. The Balaban J connectivity index is 2.28. The van der Waals surface area contributed by atoms with Crippen molar-refractivity contribution in [1.82, 2.24) is 0 Å². The second-order valence-electron chi connectivity index (χ2n) is 5.18. The van der Waals surface area contributed by atoms with Crippen LogP contribution in [0.2, 0.25) is 0 Å². The number of ether oxygens (including phenoxy) is 1. The van der Waals surface area contributed by atoms with Crippen LogP contribution in [0.3, 0.4) is 0 Å². The van der Waals surface area contributed by atoms with E-state index in [1.165, 1.54) is 0 Å². The van der Waals surface area contributed by atoms with E-state index in [9.17, 15) is 9.59 Å². The highest BCUT2D eigenvalue weighted by molar-refractivity contribution is 5.69. The van der Waals surface area contributed by atoms with Gasteiger partial charge >= 0.3 is 5.97 Å². The Bertz CT molecular complexity index is 382. The molecule has 3 nitrogen and oxygen atoms in total. The molecule has 0 fully saturated rings. The summed E-state index contributed by atoms with van der Waals surface area (Å²) < 4.78 is 5.17. The van der Waals surface area contributed by atoms with Gasteiger partial charge in [-0.3, -0.25) is 4.79 Å². The summed E-state index contributed by atoms with van der Waals surface area (Å²) in [7, 11) is 0. The van der Waals surface area contributed by atoms with Gasteiger partial charge < -0.3 is 9.53 Å². The fourth-order valence-corrected chi connectivity index (χ4v) is 1.58.